The van der Waals surface area contributed by atoms with Crippen LogP contribution in [0.3, 0.4) is 0 Å². The minimum Gasteiger partial charge on any atom is -0.490 e. The molecule has 8 rings (SSSR count). The van der Waals surface area contributed by atoms with Crippen LogP contribution in [0.2, 0.25) is 0 Å². The van der Waals surface area contributed by atoms with Gasteiger partial charge in [-0.2, -0.15) is 0 Å². The zero-order valence-electron chi connectivity index (χ0n) is 36.1. The zero-order chi connectivity index (χ0) is 44.4. The van der Waals surface area contributed by atoms with Crippen molar-refractivity contribution < 1.29 is 32.7 Å². The Bertz CT molecular complexity index is 2340. The van der Waals surface area contributed by atoms with Crippen molar-refractivity contribution in [1.82, 2.24) is 25.1 Å². The van der Waals surface area contributed by atoms with Crippen LogP contribution in [-0.4, -0.2) is 94.3 Å². The van der Waals surface area contributed by atoms with Crippen LogP contribution in [0.5, 0.6) is 5.75 Å². The first-order valence-electron chi connectivity index (χ1n) is 22.1. The molecule has 4 aliphatic heterocycles. The molecule has 1 unspecified atom stereocenters. The number of hydrogen-bond acceptors (Lipinski definition) is 11. The SMILES string of the molecule is CC(C)C[C@](C)(N)COc1ccc(-c2ccnc(Nc3ccc(C4CCN(CC5CCN(c6ccc7c(c6)C(=O)N(C6CCC(=O)NC6=O)C7=O)CC5)CC4)cc3)c2)nc1C(F)F. The van der Waals surface area contributed by atoms with Gasteiger partial charge in [-0.1, -0.05) is 26.0 Å². The minimum absolute atomic E-state index is 0.0310. The van der Waals surface area contributed by atoms with Crippen LogP contribution in [0.15, 0.2) is 72.9 Å². The van der Waals surface area contributed by atoms with Gasteiger partial charge < -0.3 is 25.6 Å². The van der Waals surface area contributed by atoms with Crippen LogP contribution in [0, 0.1) is 11.8 Å². The number of rotatable bonds is 14. The quantitative estimate of drug-likeness (QED) is 0.108. The molecule has 2 aromatic heterocycles. The van der Waals surface area contributed by atoms with E-state index in [4.69, 9.17) is 10.5 Å². The highest BCUT2D eigenvalue weighted by Crippen LogP contribution is 2.35. The number of hydrogen-bond donors (Lipinski definition) is 3. The second kappa shape index (κ2) is 18.5. The van der Waals surface area contributed by atoms with Crippen LogP contribution in [0.1, 0.15) is 110 Å². The molecule has 4 amide bonds. The number of nitrogens with one attached hydrogen (secondary N) is 2. The number of amides is 4. The summed E-state index contributed by atoms with van der Waals surface area (Å²) in [4.78, 5) is 65.2. The molecule has 3 fully saturated rings. The van der Waals surface area contributed by atoms with Gasteiger partial charge in [0.15, 0.2) is 0 Å². The van der Waals surface area contributed by atoms with Gasteiger partial charge in [-0.05, 0) is 136 Å². The standard InChI is InChI=1S/C48H56F2N8O5/c1-29(2)26-48(3,51)28-63-40-12-10-38(54-43(40)44(49)50)33-14-19-52-41(24-33)53-34-6-4-31(5-7-34)32-17-20-56(21-18-32)27-30-15-22-57(23-16-30)35-8-9-36-37(25-35)47(62)58(46(36)61)39-11-13-42(59)55-45(39)60/h4-10,12,14,19,24-25,29-30,32,39,44H,11,13,15-18,20-23,26-28,51H2,1-3H3,(H,52,53)(H,55,59,60)/t39?,48-/m0/s1. The van der Waals surface area contributed by atoms with Crippen molar-refractivity contribution in [3.8, 4) is 17.0 Å². The summed E-state index contributed by atoms with van der Waals surface area (Å²) >= 11 is 0. The van der Waals surface area contributed by atoms with E-state index in [1.807, 2.05) is 13.0 Å². The van der Waals surface area contributed by atoms with E-state index in [1.54, 1.807) is 36.5 Å². The third-order valence-electron chi connectivity index (χ3n) is 12.7. The van der Waals surface area contributed by atoms with Crippen molar-refractivity contribution >= 4 is 40.8 Å². The lowest BCUT2D eigenvalue weighted by molar-refractivity contribution is -0.136. The lowest BCUT2D eigenvalue weighted by atomic mass is 9.88. The topological polar surface area (TPSA) is 163 Å². The largest absolute Gasteiger partial charge is 0.490 e. The third kappa shape index (κ3) is 10.0. The van der Waals surface area contributed by atoms with E-state index in [1.165, 1.54) is 11.6 Å². The highest BCUT2D eigenvalue weighted by Gasteiger charge is 2.45. The van der Waals surface area contributed by atoms with Gasteiger partial charge in [0.1, 0.15) is 29.9 Å². The molecule has 332 valence electrons. The maximum absolute atomic E-state index is 14.1. The van der Waals surface area contributed by atoms with E-state index in [9.17, 15) is 28.0 Å². The summed E-state index contributed by atoms with van der Waals surface area (Å²) in [5, 5.41) is 5.60. The number of benzene rings is 2. The number of carbonyl (C=O) groups is 4. The summed E-state index contributed by atoms with van der Waals surface area (Å²) in [6.45, 7) is 10.9. The highest BCUT2D eigenvalue weighted by atomic mass is 19.3. The van der Waals surface area contributed by atoms with Crippen molar-refractivity contribution in [2.24, 2.45) is 17.6 Å². The molecule has 6 heterocycles. The molecule has 0 spiro atoms. The molecule has 3 saturated heterocycles. The van der Waals surface area contributed by atoms with E-state index < -0.39 is 47.3 Å². The van der Waals surface area contributed by atoms with Crippen molar-refractivity contribution in [2.45, 2.75) is 89.6 Å². The number of nitrogens with two attached hydrogens (primary N) is 1. The number of pyridine rings is 2. The van der Waals surface area contributed by atoms with E-state index in [0.717, 1.165) is 74.7 Å². The second-order valence-electron chi connectivity index (χ2n) is 18.3. The molecule has 2 atom stereocenters. The number of nitrogens with zero attached hydrogens (tertiary/aromatic N) is 5. The number of carbonyl (C=O) groups excluding carboxylic acids is 4. The number of halogens is 2. The number of anilines is 3. The first kappa shape index (κ1) is 43.8. The van der Waals surface area contributed by atoms with Gasteiger partial charge in [-0.15, -0.1) is 0 Å². The van der Waals surface area contributed by atoms with Crippen LogP contribution in [0.25, 0.3) is 11.3 Å². The molecule has 4 N–H and O–H groups in total. The molecule has 15 heteroatoms. The van der Waals surface area contributed by atoms with E-state index >= 15 is 0 Å². The fourth-order valence-electron chi connectivity index (χ4n) is 9.62. The summed E-state index contributed by atoms with van der Waals surface area (Å²) in [5.74, 6) is 0.00832. The number of imide groups is 2. The molecular formula is C48H56F2N8O5. The first-order chi connectivity index (χ1) is 30.2. The maximum atomic E-state index is 14.1. The van der Waals surface area contributed by atoms with Crippen LogP contribution < -0.4 is 26.0 Å². The number of likely N-dealkylation sites (tertiary alicyclic amines) is 1. The fraction of sp³-hybridized carbons (Fsp3) is 0.458. The first-order valence-corrected chi connectivity index (χ1v) is 22.1. The number of aromatic nitrogens is 2. The Morgan fingerprint density at radius 3 is 2.32 bits per heavy atom. The molecular weight excluding hydrogens is 807 g/mol. The van der Waals surface area contributed by atoms with Crippen LogP contribution >= 0.6 is 0 Å². The molecule has 0 radical (unpaired) electrons. The summed E-state index contributed by atoms with van der Waals surface area (Å²) in [6, 6.07) is 19.6. The van der Waals surface area contributed by atoms with Gasteiger partial charge in [0.25, 0.3) is 18.2 Å². The number of fused-ring (bicyclic) bond motifs is 1. The Morgan fingerprint density at radius 1 is 0.889 bits per heavy atom. The lowest BCUT2D eigenvalue weighted by Gasteiger charge is -2.38. The van der Waals surface area contributed by atoms with Gasteiger partial charge in [0.2, 0.25) is 11.8 Å². The smallest absolute Gasteiger partial charge is 0.284 e. The second-order valence-corrected chi connectivity index (χ2v) is 18.3. The predicted molar refractivity (Wildman–Crippen MR) is 236 cm³/mol. The molecule has 4 aliphatic rings. The molecule has 63 heavy (non-hydrogen) atoms. The van der Waals surface area contributed by atoms with Crippen LogP contribution in [0.4, 0.5) is 26.0 Å². The third-order valence-corrected chi connectivity index (χ3v) is 12.7. The summed E-state index contributed by atoms with van der Waals surface area (Å²) < 4.78 is 34.0. The van der Waals surface area contributed by atoms with Gasteiger partial charge >= 0.3 is 0 Å². The summed E-state index contributed by atoms with van der Waals surface area (Å²) in [7, 11) is 0. The minimum atomic E-state index is -2.82. The maximum Gasteiger partial charge on any atom is 0.284 e. The number of alkyl halides is 2. The average molecular weight is 863 g/mol. The van der Waals surface area contributed by atoms with Crippen molar-refractivity contribution in [3.05, 3.63) is 95.3 Å². The molecule has 4 aromatic rings. The van der Waals surface area contributed by atoms with Crippen molar-refractivity contribution in [2.75, 3.05) is 49.5 Å². The molecule has 2 aromatic carbocycles. The summed E-state index contributed by atoms with van der Waals surface area (Å²) in [5.41, 5.74) is 9.99. The normalized spacial score (nSPS) is 20.0. The van der Waals surface area contributed by atoms with Gasteiger partial charge in [0, 0.05) is 54.7 Å². The predicted octanol–water partition coefficient (Wildman–Crippen LogP) is 7.46. The summed E-state index contributed by atoms with van der Waals surface area (Å²) in [6.07, 6.45) is 3.94. The van der Waals surface area contributed by atoms with Crippen molar-refractivity contribution in [1.29, 1.82) is 0 Å². The van der Waals surface area contributed by atoms with E-state index in [2.05, 4.69) is 68.5 Å². The van der Waals surface area contributed by atoms with Gasteiger partial charge in [-0.3, -0.25) is 29.4 Å². The van der Waals surface area contributed by atoms with Crippen LogP contribution in [-0.2, 0) is 9.59 Å². The average Bonchev–Trinajstić information content (AvgIpc) is 3.51. The lowest BCUT2D eigenvalue weighted by Crippen LogP contribution is -2.54. The highest BCUT2D eigenvalue weighted by molar-refractivity contribution is 6.23. The molecule has 0 saturated carbocycles. The Balaban J connectivity index is 0.799. The van der Waals surface area contributed by atoms with Crippen molar-refractivity contribution in [3.63, 3.8) is 0 Å². The molecule has 0 aliphatic carbocycles. The Labute approximate surface area is 366 Å². The van der Waals surface area contributed by atoms with E-state index in [0.29, 0.717) is 52.4 Å². The number of piperidine rings is 3. The molecule has 0 bridgehead atoms. The molecule has 13 nitrogen and oxygen atoms in total. The number of ether oxygens (including phenoxy) is 1. The zero-order valence-corrected chi connectivity index (χ0v) is 36.1. The monoisotopic (exact) mass is 862 g/mol. The van der Waals surface area contributed by atoms with E-state index in [-0.39, 0.29) is 25.2 Å². The van der Waals surface area contributed by atoms with Gasteiger partial charge in [0.05, 0.1) is 16.8 Å². The van der Waals surface area contributed by atoms with Gasteiger partial charge in [-0.25, -0.2) is 18.7 Å². The Morgan fingerprint density at radius 2 is 1.62 bits per heavy atom. The fourth-order valence-corrected chi connectivity index (χ4v) is 9.62. The Hall–Kier alpha value is -5.80. The Kier molecular flexibility index (Phi) is 12.9.